The number of furan rings is 1. The number of hydrogen-bond donors (Lipinski definition) is 1. The van der Waals surface area contributed by atoms with Crippen LogP contribution in [0.3, 0.4) is 0 Å². The van der Waals surface area contributed by atoms with Crippen LogP contribution in [-0.4, -0.2) is 28.9 Å². The predicted octanol–water partition coefficient (Wildman–Crippen LogP) is 3.25. The van der Waals surface area contributed by atoms with Gasteiger partial charge in [-0.3, -0.25) is 9.69 Å². The fourth-order valence-electron chi connectivity index (χ4n) is 3.36. The van der Waals surface area contributed by atoms with E-state index in [4.69, 9.17) is 8.83 Å². The highest BCUT2D eigenvalue weighted by Gasteiger charge is 2.23. The van der Waals surface area contributed by atoms with Gasteiger partial charge < -0.3 is 14.2 Å². The average Bonchev–Trinajstić information content (AvgIpc) is 3.23. The molecule has 4 rings (SSSR count). The third-order valence-corrected chi connectivity index (χ3v) is 4.81. The molecule has 6 nitrogen and oxygen atoms in total. The van der Waals surface area contributed by atoms with Gasteiger partial charge in [-0.25, -0.2) is 9.37 Å². The third-order valence-electron chi connectivity index (χ3n) is 4.81. The topological polar surface area (TPSA) is 71.5 Å². The minimum atomic E-state index is -0.389. The van der Waals surface area contributed by atoms with Crippen LogP contribution in [0.5, 0.6) is 0 Å². The zero-order valence-electron chi connectivity index (χ0n) is 15.7. The van der Waals surface area contributed by atoms with Crippen molar-refractivity contribution in [2.24, 2.45) is 0 Å². The molecule has 1 amide bonds. The van der Waals surface area contributed by atoms with Crippen LogP contribution in [0.25, 0.3) is 0 Å². The molecule has 0 atom stereocenters. The molecule has 0 saturated carbocycles. The third kappa shape index (κ3) is 4.31. The molecule has 3 aromatic rings. The van der Waals surface area contributed by atoms with E-state index in [-0.39, 0.29) is 24.2 Å². The number of halogens is 1. The maximum atomic E-state index is 13.2. The Kier molecular flexibility index (Phi) is 5.25. The van der Waals surface area contributed by atoms with E-state index in [0.717, 1.165) is 49.0 Å². The standard InChI is InChI=1S/C21H22FN3O3/c1-14-5-6-17(27-14)13-25-9-7-18-19(8-10-25)28-21(24-18)20(26)23-12-15-3-2-4-16(22)11-15/h2-6,11H,7-10,12-13H2,1H3,(H,23,26). The minimum Gasteiger partial charge on any atom is -0.465 e. The van der Waals surface area contributed by atoms with E-state index >= 15 is 0 Å². The molecule has 0 spiro atoms. The smallest absolute Gasteiger partial charge is 0.307 e. The SMILES string of the molecule is Cc1ccc(CN2CCc3nc(C(=O)NCc4cccc(F)c4)oc3CC2)o1. The lowest BCUT2D eigenvalue weighted by atomic mass is 10.2. The molecule has 1 aliphatic rings. The molecule has 1 aliphatic heterocycles. The number of benzene rings is 1. The first-order valence-electron chi connectivity index (χ1n) is 9.36. The van der Waals surface area contributed by atoms with E-state index in [0.29, 0.717) is 12.0 Å². The molecule has 1 aromatic carbocycles. The van der Waals surface area contributed by atoms with Crippen molar-refractivity contribution in [3.8, 4) is 0 Å². The monoisotopic (exact) mass is 383 g/mol. The number of oxazole rings is 1. The summed E-state index contributed by atoms with van der Waals surface area (Å²) in [6.45, 7) is 4.54. The number of nitrogens with zero attached hydrogens (tertiary/aromatic N) is 2. The van der Waals surface area contributed by atoms with Gasteiger partial charge in [0, 0.05) is 32.5 Å². The number of hydrogen-bond acceptors (Lipinski definition) is 5. The van der Waals surface area contributed by atoms with Gasteiger partial charge >= 0.3 is 5.91 Å². The molecule has 3 heterocycles. The van der Waals surface area contributed by atoms with Crippen molar-refractivity contribution in [3.05, 3.63) is 76.6 Å². The summed E-state index contributed by atoms with van der Waals surface area (Å²) in [4.78, 5) is 19.0. The molecule has 0 unspecified atom stereocenters. The number of rotatable bonds is 5. The molecular formula is C21H22FN3O3. The van der Waals surface area contributed by atoms with Gasteiger partial charge in [0.1, 0.15) is 23.1 Å². The summed E-state index contributed by atoms with van der Waals surface area (Å²) in [5, 5.41) is 2.73. The molecule has 28 heavy (non-hydrogen) atoms. The molecule has 0 saturated heterocycles. The fraction of sp³-hybridized carbons (Fsp3) is 0.333. The highest BCUT2D eigenvalue weighted by atomic mass is 19.1. The van der Waals surface area contributed by atoms with E-state index in [9.17, 15) is 9.18 Å². The van der Waals surface area contributed by atoms with Gasteiger partial charge in [0.15, 0.2) is 0 Å². The van der Waals surface area contributed by atoms with E-state index in [1.165, 1.54) is 12.1 Å². The maximum Gasteiger partial charge on any atom is 0.307 e. The first kappa shape index (κ1) is 18.4. The van der Waals surface area contributed by atoms with E-state index in [1.54, 1.807) is 12.1 Å². The Bertz CT molecular complexity index is 953. The molecule has 0 radical (unpaired) electrons. The van der Waals surface area contributed by atoms with Crippen LogP contribution in [-0.2, 0) is 25.9 Å². The largest absolute Gasteiger partial charge is 0.465 e. The second-order valence-corrected chi connectivity index (χ2v) is 6.99. The number of carbonyl (C=O) groups excluding carboxylic acids is 1. The lowest BCUT2D eigenvalue weighted by Crippen LogP contribution is -2.26. The minimum absolute atomic E-state index is 0.0662. The second-order valence-electron chi connectivity index (χ2n) is 6.99. The van der Waals surface area contributed by atoms with E-state index in [2.05, 4.69) is 15.2 Å². The Morgan fingerprint density at radius 1 is 1.21 bits per heavy atom. The molecule has 2 aromatic heterocycles. The second kappa shape index (κ2) is 7.98. The van der Waals surface area contributed by atoms with Crippen molar-refractivity contribution >= 4 is 5.91 Å². The number of aromatic nitrogens is 1. The van der Waals surface area contributed by atoms with Crippen molar-refractivity contribution < 1.29 is 18.0 Å². The van der Waals surface area contributed by atoms with Crippen LogP contribution in [0, 0.1) is 12.7 Å². The van der Waals surface area contributed by atoms with Gasteiger partial charge in [0.2, 0.25) is 0 Å². The van der Waals surface area contributed by atoms with Crippen LogP contribution in [0.2, 0.25) is 0 Å². The fourth-order valence-corrected chi connectivity index (χ4v) is 3.36. The first-order chi connectivity index (χ1) is 13.6. The number of amides is 1. The summed E-state index contributed by atoms with van der Waals surface area (Å²) in [6, 6.07) is 10.1. The van der Waals surface area contributed by atoms with Crippen molar-refractivity contribution in [2.45, 2.75) is 32.9 Å². The quantitative estimate of drug-likeness (QED) is 0.732. The zero-order valence-corrected chi connectivity index (χ0v) is 15.7. The van der Waals surface area contributed by atoms with Gasteiger partial charge in [0.25, 0.3) is 5.89 Å². The highest BCUT2D eigenvalue weighted by Crippen LogP contribution is 2.19. The summed E-state index contributed by atoms with van der Waals surface area (Å²) in [6.07, 6.45) is 1.41. The van der Waals surface area contributed by atoms with Crippen molar-refractivity contribution in [1.29, 1.82) is 0 Å². The van der Waals surface area contributed by atoms with Gasteiger partial charge in [0.05, 0.1) is 12.2 Å². The average molecular weight is 383 g/mol. The van der Waals surface area contributed by atoms with Crippen molar-refractivity contribution in [3.63, 3.8) is 0 Å². The number of fused-ring (bicyclic) bond motifs is 1. The van der Waals surface area contributed by atoms with Gasteiger partial charge in [-0.05, 0) is 36.8 Å². The van der Waals surface area contributed by atoms with Gasteiger partial charge in [-0.1, -0.05) is 12.1 Å². The van der Waals surface area contributed by atoms with Crippen LogP contribution < -0.4 is 5.32 Å². The zero-order chi connectivity index (χ0) is 19.5. The molecule has 7 heteroatoms. The molecule has 1 N–H and O–H groups in total. The Morgan fingerprint density at radius 3 is 2.86 bits per heavy atom. The van der Waals surface area contributed by atoms with Crippen LogP contribution in [0.4, 0.5) is 4.39 Å². The van der Waals surface area contributed by atoms with Crippen LogP contribution in [0.15, 0.2) is 45.2 Å². The number of aryl methyl sites for hydroxylation is 1. The van der Waals surface area contributed by atoms with E-state index < -0.39 is 0 Å². The Balaban J connectivity index is 1.34. The Morgan fingerprint density at radius 2 is 2.07 bits per heavy atom. The van der Waals surface area contributed by atoms with Crippen LogP contribution in [0.1, 0.15) is 39.2 Å². The lowest BCUT2D eigenvalue weighted by Gasteiger charge is -2.17. The summed E-state index contributed by atoms with van der Waals surface area (Å²) < 4.78 is 24.6. The number of nitrogens with one attached hydrogen (secondary N) is 1. The normalized spacial score (nSPS) is 14.5. The lowest BCUT2D eigenvalue weighted by molar-refractivity contribution is 0.0914. The van der Waals surface area contributed by atoms with Gasteiger partial charge in [-0.15, -0.1) is 0 Å². The summed E-state index contributed by atoms with van der Waals surface area (Å²) >= 11 is 0. The Hall–Kier alpha value is -2.93. The van der Waals surface area contributed by atoms with Crippen LogP contribution >= 0.6 is 0 Å². The Labute approximate surface area is 162 Å². The molecule has 146 valence electrons. The van der Waals surface area contributed by atoms with E-state index in [1.807, 2.05) is 19.1 Å². The molecule has 0 aliphatic carbocycles. The van der Waals surface area contributed by atoms with Crippen molar-refractivity contribution in [2.75, 3.05) is 13.1 Å². The predicted molar refractivity (Wildman–Crippen MR) is 100 cm³/mol. The van der Waals surface area contributed by atoms with Crippen molar-refractivity contribution in [1.82, 2.24) is 15.2 Å². The summed E-state index contributed by atoms with van der Waals surface area (Å²) in [7, 11) is 0. The number of carbonyl (C=O) groups is 1. The highest BCUT2D eigenvalue weighted by molar-refractivity contribution is 5.89. The molecule has 0 bridgehead atoms. The first-order valence-corrected chi connectivity index (χ1v) is 9.36. The summed E-state index contributed by atoms with van der Waals surface area (Å²) in [5.41, 5.74) is 1.51. The molecule has 0 fully saturated rings. The summed E-state index contributed by atoms with van der Waals surface area (Å²) in [5.74, 6) is 1.96. The maximum absolute atomic E-state index is 13.2. The molecular weight excluding hydrogens is 361 g/mol. The van der Waals surface area contributed by atoms with Gasteiger partial charge in [-0.2, -0.15) is 0 Å².